The molecule has 120 valence electrons. The molecule has 2 aliphatic rings. The summed E-state index contributed by atoms with van der Waals surface area (Å²) in [4.78, 5) is 37.9. The lowest BCUT2D eigenvalue weighted by atomic mass is 10.1. The van der Waals surface area contributed by atoms with Crippen LogP contribution < -0.4 is 10.1 Å². The maximum Gasteiger partial charge on any atom is 0.331 e. The van der Waals surface area contributed by atoms with Gasteiger partial charge in [0.05, 0.1) is 7.11 Å². The number of carbonyl (C=O) groups is 3. The monoisotopic (exact) mass is 314 g/mol. The maximum atomic E-state index is 12.6. The van der Waals surface area contributed by atoms with Gasteiger partial charge in [-0.2, -0.15) is 0 Å². The van der Waals surface area contributed by atoms with Crippen molar-refractivity contribution in [3.63, 3.8) is 0 Å². The molecule has 0 bridgehead atoms. The molecule has 0 atom stereocenters. The minimum atomic E-state index is -0.648. The summed E-state index contributed by atoms with van der Waals surface area (Å²) in [5, 5.41) is 2.26. The Morgan fingerprint density at radius 2 is 1.78 bits per heavy atom. The van der Waals surface area contributed by atoms with E-state index in [0.717, 1.165) is 25.7 Å². The molecule has 3 rings (SSSR count). The zero-order valence-electron chi connectivity index (χ0n) is 12.9. The fraction of sp³-hybridized carbons (Fsp3) is 0.353. The van der Waals surface area contributed by atoms with Crippen molar-refractivity contribution in [1.82, 2.24) is 10.2 Å². The molecule has 1 saturated carbocycles. The lowest BCUT2D eigenvalue weighted by Gasteiger charge is -2.31. The van der Waals surface area contributed by atoms with Crippen molar-refractivity contribution in [2.24, 2.45) is 0 Å². The van der Waals surface area contributed by atoms with Gasteiger partial charge in [-0.25, -0.2) is 4.79 Å². The number of rotatable bonds is 3. The summed E-state index contributed by atoms with van der Waals surface area (Å²) in [6, 6.07) is 6.27. The highest BCUT2D eigenvalue weighted by Crippen LogP contribution is 2.27. The average Bonchev–Trinajstić information content (AvgIpc) is 3.06. The van der Waals surface area contributed by atoms with Crippen molar-refractivity contribution in [1.29, 1.82) is 0 Å². The number of nitrogens with zero attached hydrogens (tertiary/aromatic N) is 1. The Hall–Kier alpha value is -2.63. The summed E-state index contributed by atoms with van der Waals surface area (Å²) in [6.07, 6.45) is 5.08. The zero-order valence-corrected chi connectivity index (χ0v) is 12.9. The van der Waals surface area contributed by atoms with Crippen LogP contribution in [0.4, 0.5) is 4.79 Å². The van der Waals surface area contributed by atoms with Crippen molar-refractivity contribution in [3.8, 4) is 5.75 Å². The number of benzene rings is 1. The molecule has 0 spiro atoms. The topological polar surface area (TPSA) is 75.7 Å². The first kappa shape index (κ1) is 15.3. The van der Waals surface area contributed by atoms with Crippen LogP contribution in [0.2, 0.25) is 0 Å². The second kappa shape index (κ2) is 6.24. The van der Waals surface area contributed by atoms with E-state index < -0.39 is 17.8 Å². The Morgan fingerprint density at radius 1 is 1.13 bits per heavy atom. The van der Waals surface area contributed by atoms with Crippen LogP contribution in [0, 0.1) is 0 Å². The van der Waals surface area contributed by atoms with E-state index in [1.165, 1.54) is 11.0 Å². The molecule has 1 aromatic rings. The fourth-order valence-corrected chi connectivity index (χ4v) is 3.03. The summed E-state index contributed by atoms with van der Waals surface area (Å²) < 4.78 is 5.08. The Bertz CT molecular complexity index is 672. The van der Waals surface area contributed by atoms with Crippen LogP contribution in [-0.2, 0) is 9.59 Å². The number of amides is 4. The molecule has 0 radical (unpaired) electrons. The standard InChI is InChI=1S/C17H18N2O4/c1-23-13-8-6-11(7-9-13)10-14-15(20)18-17(22)19(16(14)21)12-4-2-3-5-12/h6-10,12H,2-5H2,1H3,(H,18,20,22)/b14-10+. The second-order valence-electron chi connectivity index (χ2n) is 5.70. The Labute approximate surface area is 134 Å². The van der Waals surface area contributed by atoms with Gasteiger partial charge in [0.1, 0.15) is 11.3 Å². The third-order valence-electron chi connectivity index (χ3n) is 4.25. The highest BCUT2D eigenvalue weighted by Gasteiger charge is 2.40. The average molecular weight is 314 g/mol. The van der Waals surface area contributed by atoms with E-state index in [4.69, 9.17) is 4.74 Å². The molecule has 23 heavy (non-hydrogen) atoms. The van der Waals surface area contributed by atoms with Crippen LogP contribution in [0.5, 0.6) is 5.75 Å². The smallest absolute Gasteiger partial charge is 0.331 e. The fourth-order valence-electron chi connectivity index (χ4n) is 3.03. The Morgan fingerprint density at radius 3 is 2.39 bits per heavy atom. The van der Waals surface area contributed by atoms with Crippen molar-refractivity contribution >= 4 is 23.9 Å². The van der Waals surface area contributed by atoms with Gasteiger partial charge in [0.25, 0.3) is 11.8 Å². The quantitative estimate of drug-likeness (QED) is 0.685. The van der Waals surface area contributed by atoms with Crippen LogP contribution in [0.1, 0.15) is 31.2 Å². The van der Waals surface area contributed by atoms with Gasteiger partial charge in [0.15, 0.2) is 0 Å². The van der Waals surface area contributed by atoms with Crippen LogP contribution in [0.3, 0.4) is 0 Å². The zero-order chi connectivity index (χ0) is 16.4. The summed E-state index contributed by atoms with van der Waals surface area (Å²) in [5.74, 6) is -0.471. The number of nitrogens with one attached hydrogen (secondary N) is 1. The van der Waals surface area contributed by atoms with E-state index in [0.29, 0.717) is 11.3 Å². The van der Waals surface area contributed by atoms with Crippen molar-refractivity contribution in [3.05, 3.63) is 35.4 Å². The molecular formula is C17H18N2O4. The lowest BCUT2D eigenvalue weighted by molar-refractivity contribution is -0.131. The molecule has 0 aromatic heterocycles. The normalized spacial score (nSPS) is 21.0. The van der Waals surface area contributed by atoms with Crippen LogP contribution in [0.25, 0.3) is 6.08 Å². The number of carbonyl (C=O) groups excluding carboxylic acids is 3. The van der Waals surface area contributed by atoms with Gasteiger partial charge in [0, 0.05) is 6.04 Å². The first-order chi connectivity index (χ1) is 11.1. The molecule has 0 unspecified atom stereocenters. The number of methoxy groups -OCH3 is 1. The molecule has 1 aliphatic carbocycles. The summed E-state index contributed by atoms with van der Waals surface area (Å²) in [7, 11) is 1.57. The van der Waals surface area contributed by atoms with Gasteiger partial charge >= 0.3 is 6.03 Å². The van der Waals surface area contributed by atoms with Crippen LogP contribution >= 0.6 is 0 Å². The van der Waals surface area contributed by atoms with Gasteiger partial charge in [-0.3, -0.25) is 19.8 Å². The van der Waals surface area contributed by atoms with Gasteiger partial charge in [-0.05, 0) is 36.6 Å². The molecule has 1 aliphatic heterocycles. The van der Waals surface area contributed by atoms with E-state index in [9.17, 15) is 14.4 Å². The largest absolute Gasteiger partial charge is 0.497 e. The van der Waals surface area contributed by atoms with Crippen molar-refractivity contribution < 1.29 is 19.1 Å². The minimum absolute atomic E-state index is 0.0123. The molecule has 2 fully saturated rings. The van der Waals surface area contributed by atoms with Gasteiger partial charge in [-0.1, -0.05) is 25.0 Å². The molecule has 1 N–H and O–H groups in total. The highest BCUT2D eigenvalue weighted by atomic mass is 16.5. The van der Waals surface area contributed by atoms with Crippen molar-refractivity contribution in [2.75, 3.05) is 7.11 Å². The first-order valence-electron chi connectivity index (χ1n) is 7.65. The van der Waals surface area contributed by atoms with E-state index >= 15 is 0 Å². The molecular weight excluding hydrogens is 296 g/mol. The van der Waals surface area contributed by atoms with Gasteiger partial charge in [-0.15, -0.1) is 0 Å². The Balaban J connectivity index is 1.89. The highest BCUT2D eigenvalue weighted by molar-refractivity contribution is 6.31. The Kier molecular flexibility index (Phi) is 4.14. The summed E-state index contributed by atoms with van der Waals surface area (Å²) >= 11 is 0. The van der Waals surface area contributed by atoms with E-state index in [1.54, 1.807) is 31.4 Å². The number of imide groups is 2. The maximum absolute atomic E-state index is 12.6. The third-order valence-corrected chi connectivity index (χ3v) is 4.25. The number of barbiturate groups is 1. The van der Waals surface area contributed by atoms with Crippen molar-refractivity contribution in [2.45, 2.75) is 31.7 Å². The van der Waals surface area contributed by atoms with E-state index in [-0.39, 0.29) is 11.6 Å². The first-order valence-corrected chi connectivity index (χ1v) is 7.65. The van der Waals surface area contributed by atoms with E-state index in [2.05, 4.69) is 5.32 Å². The number of ether oxygens (including phenoxy) is 1. The predicted octanol–water partition coefficient (Wildman–Crippen LogP) is 2.10. The SMILES string of the molecule is COc1ccc(/C=C2\C(=O)NC(=O)N(C3CCCC3)C2=O)cc1. The molecule has 4 amide bonds. The predicted molar refractivity (Wildman–Crippen MR) is 83.6 cm³/mol. The minimum Gasteiger partial charge on any atom is -0.497 e. The van der Waals surface area contributed by atoms with Crippen LogP contribution in [-0.4, -0.2) is 35.9 Å². The van der Waals surface area contributed by atoms with Gasteiger partial charge < -0.3 is 4.74 Å². The molecule has 6 heteroatoms. The van der Waals surface area contributed by atoms with Crippen LogP contribution in [0.15, 0.2) is 29.8 Å². The lowest BCUT2D eigenvalue weighted by Crippen LogP contribution is -2.57. The number of hydrogen-bond acceptors (Lipinski definition) is 4. The number of hydrogen-bond donors (Lipinski definition) is 1. The molecule has 1 heterocycles. The number of urea groups is 1. The van der Waals surface area contributed by atoms with E-state index in [1.807, 2.05) is 0 Å². The summed E-state index contributed by atoms with van der Waals surface area (Å²) in [6.45, 7) is 0. The third kappa shape index (κ3) is 2.97. The second-order valence-corrected chi connectivity index (χ2v) is 5.70. The molecule has 6 nitrogen and oxygen atoms in total. The summed E-state index contributed by atoms with van der Waals surface area (Å²) in [5.41, 5.74) is 0.687. The molecule has 1 saturated heterocycles. The molecule has 1 aromatic carbocycles. The van der Waals surface area contributed by atoms with Gasteiger partial charge in [0.2, 0.25) is 0 Å².